The minimum Gasteiger partial charge on any atom is -0.354 e. The van der Waals surface area contributed by atoms with Crippen LogP contribution in [0.2, 0.25) is 0 Å². The predicted octanol–water partition coefficient (Wildman–Crippen LogP) is 2.58. The van der Waals surface area contributed by atoms with Gasteiger partial charge >= 0.3 is 0 Å². The highest BCUT2D eigenvalue weighted by Gasteiger charge is 2.23. The van der Waals surface area contributed by atoms with Crippen molar-refractivity contribution in [1.29, 1.82) is 5.26 Å². The van der Waals surface area contributed by atoms with Crippen molar-refractivity contribution in [3.8, 4) is 6.07 Å². The Bertz CT molecular complexity index is 391. The van der Waals surface area contributed by atoms with Crippen LogP contribution in [0, 0.1) is 17.2 Å². The van der Waals surface area contributed by atoms with Gasteiger partial charge in [0.2, 0.25) is 0 Å². The van der Waals surface area contributed by atoms with Crippen molar-refractivity contribution < 1.29 is 0 Å². The number of piperidine rings is 1. The first-order valence-electron chi connectivity index (χ1n) is 5.83. The molecule has 0 aromatic carbocycles. The van der Waals surface area contributed by atoms with Crippen molar-refractivity contribution in [1.82, 2.24) is 4.98 Å². The first-order chi connectivity index (χ1) is 7.70. The zero-order chi connectivity index (χ0) is 11.5. The maximum absolute atomic E-state index is 8.72. The van der Waals surface area contributed by atoms with Crippen molar-refractivity contribution in [2.24, 2.45) is 5.92 Å². The van der Waals surface area contributed by atoms with E-state index in [0.717, 1.165) is 18.3 Å². The van der Waals surface area contributed by atoms with Crippen molar-refractivity contribution in [3.05, 3.63) is 23.9 Å². The summed E-state index contributed by atoms with van der Waals surface area (Å²) in [4.78, 5) is 6.69. The highest BCUT2D eigenvalue weighted by Crippen LogP contribution is 2.26. The molecule has 0 N–H and O–H groups in total. The van der Waals surface area contributed by atoms with E-state index in [9.17, 15) is 0 Å². The van der Waals surface area contributed by atoms with Crippen LogP contribution in [-0.2, 0) is 0 Å². The normalized spacial score (nSPS) is 25.2. The van der Waals surface area contributed by atoms with Crippen molar-refractivity contribution in [3.63, 3.8) is 0 Å². The minimum absolute atomic E-state index is 0.546. The lowest BCUT2D eigenvalue weighted by atomic mass is 9.93. The van der Waals surface area contributed by atoms with Crippen LogP contribution < -0.4 is 4.90 Å². The molecule has 0 bridgehead atoms. The number of anilines is 1. The summed E-state index contributed by atoms with van der Waals surface area (Å²) in [7, 11) is 0. The summed E-state index contributed by atoms with van der Waals surface area (Å²) in [5.74, 6) is 1.81. The van der Waals surface area contributed by atoms with Crippen LogP contribution in [0.5, 0.6) is 0 Å². The average molecular weight is 215 g/mol. The first-order valence-corrected chi connectivity index (χ1v) is 5.83. The molecular weight excluding hydrogens is 198 g/mol. The molecule has 0 saturated carbocycles. The lowest BCUT2D eigenvalue weighted by molar-refractivity contribution is 0.376. The monoisotopic (exact) mass is 215 g/mol. The van der Waals surface area contributed by atoms with Gasteiger partial charge < -0.3 is 4.90 Å². The molecule has 0 radical (unpaired) electrons. The maximum Gasteiger partial charge on any atom is 0.128 e. The lowest BCUT2D eigenvalue weighted by Crippen LogP contribution is -2.40. The SMILES string of the molecule is CC1CCN(c2ccc(C#N)cn2)C(C)C1. The quantitative estimate of drug-likeness (QED) is 0.723. The summed E-state index contributed by atoms with van der Waals surface area (Å²) in [5, 5.41) is 8.72. The van der Waals surface area contributed by atoms with E-state index >= 15 is 0 Å². The van der Waals surface area contributed by atoms with Gasteiger partial charge in [0.25, 0.3) is 0 Å². The Morgan fingerprint density at radius 2 is 2.25 bits per heavy atom. The molecule has 84 valence electrons. The van der Waals surface area contributed by atoms with Crippen molar-refractivity contribution in [2.45, 2.75) is 32.7 Å². The minimum atomic E-state index is 0.546. The molecule has 0 aliphatic carbocycles. The van der Waals surface area contributed by atoms with Crippen LogP contribution >= 0.6 is 0 Å². The molecule has 1 fully saturated rings. The van der Waals surface area contributed by atoms with Gasteiger partial charge in [-0.3, -0.25) is 0 Å². The molecule has 16 heavy (non-hydrogen) atoms. The summed E-state index contributed by atoms with van der Waals surface area (Å²) < 4.78 is 0. The van der Waals surface area contributed by atoms with Crippen molar-refractivity contribution in [2.75, 3.05) is 11.4 Å². The Hall–Kier alpha value is -1.56. The van der Waals surface area contributed by atoms with Crippen LogP contribution in [0.3, 0.4) is 0 Å². The number of hydrogen-bond donors (Lipinski definition) is 0. The second-order valence-corrected chi connectivity index (χ2v) is 4.69. The van der Waals surface area contributed by atoms with E-state index in [-0.39, 0.29) is 0 Å². The van der Waals surface area contributed by atoms with E-state index in [0.29, 0.717) is 11.6 Å². The second kappa shape index (κ2) is 4.52. The molecule has 2 unspecified atom stereocenters. The van der Waals surface area contributed by atoms with Gasteiger partial charge in [-0.1, -0.05) is 6.92 Å². The van der Waals surface area contributed by atoms with Crippen LogP contribution in [0.4, 0.5) is 5.82 Å². The summed E-state index contributed by atoms with van der Waals surface area (Å²) in [6.07, 6.45) is 4.10. The Morgan fingerprint density at radius 3 is 2.81 bits per heavy atom. The largest absolute Gasteiger partial charge is 0.354 e. The number of hydrogen-bond acceptors (Lipinski definition) is 3. The molecule has 3 nitrogen and oxygen atoms in total. The lowest BCUT2D eigenvalue weighted by Gasteiger charge is -2.37. The molecule has 1 aliphatic rings. The molecule has 3 heteroatoms. The van der Waals surface area contributed by atoms with Crippen LogP contribution in [0.25, 0.3) is 0 Å². The number of rotatable bonds is 1. The smallest absolute Gasteiger partial charge is 0.128 e. The molecule has 1 saturated heterocycles. The van der Waals surface area contributed by atoms with Gasteiger partial charge in [-0.2, -0.15) is 5.26 Å². The topological polar surface area (TPSA) is 39.9 Å². The van der Waals surface area contributed by atoms with E-state index in [2.05, 4.69) is 29.8 Å². The zero-order valence-electron chi connectivity index (χ0n) is 9.85. The second-order valence-electron chi connectivity index (χ2n) is 4.69. The van der Waals surface area contributed by atoms with E-state index in [4.69, 9.17) is 5.26 Å². The summed E-state index contributed by atoms with van der Waals surface area (Å²) in [5.41, 5.74) is 0.627. The molecule has 0 spiro atoms. The summed E-state index contributed by atoms with van der Waals surface area (Å²) >= 11 is 0. The van der Waals surface area contributed by atoms with E-state index in [1.165, 1.54) is 12.8 Å². The third kappa shape index (κ3) is 2.16. The standard InChI is InChI=1S/C13H17N3/c1-10-5-6-16(11(2)7-10)13-4-3-12(8-14)9-15-13/h3-4,9-11H,5-7H2,1-2H3. The van der Waals surface area contributed by atoms with Gasteiger partial charge in [0, 0.05) is 18.8 Å². The van der Waals surface area contributed by atoms with Gasteiger partial charge in [-0.15, -0.1) is 0 Å². The number of nitrogens with zero attached hydrogens (tertiary/aromatic N) is 3. The van der Waals surface area contributed by atoms with Gasteiger partial charge in [0.15, 0.2) is 0 Å². The molecule has 2 rings (SSSR count). The van der Waals surface area contributed by atoms with Gasteiger partial charge in [-0.25, -0.2) is 4.98 Å². The average Bonchev–Trinajstić information content (AvgIpc) is 2.29. The Balaban J connectivity index is 2.14. The Labute approximate surface area is 96.7 Å². The molecular formula is C13H17N3. The number of nitriles is 1. The molecule has 0 amide bonds. The zero-order valence-corrected chi connectivity index (χ0v) is 9.85. The van der Waals surface area contributed by atoms with Gasteiger partial charge in [0.05, 0.1) is 5.56 Å². The van der Waals surface area contributed by atoms with Crippen LogP contribution in [0.1, 0.15) is 32.3 Å². The molecule has 1 aromatic heterocycles. The number of aromatic nitrogens is 1. The van der Waals surface area contributed by atoms with Gasteiger partial charge in [0.1, 0.15) is 11.9 Å². The molecule has 1 aromatic rings. The fraction of sp³-hybridized carbons (Fsp3) is 0.538. The first kappa shape index (κ1) is 10.9. The Morgan fingerprint density at radius 1 is 1.44 bits per heavy atom. The molecule has 2 atom stereocenters. The highest BCUT2D eigenvalue weighted by atomic mass is 15.2. The summed E-state index contributed by atoms with van der Waals surface area (Å²) in [6, 6.07) is 6.43. The maximum atomic E-state index is 8.72. The fourth-order valence-electron chi connectivity index (χ4n) is 2.37. The van der Waals surface area contributed by atoms with Crippen LogP contribution in [0.15, 0.2) is 18.3 Å². The predicted molar refractivity (Wildman–Crippen MR) is 64.2 cm³/mol. The third-order valence-electron chi connectivity index (χ3n) is 3.31. The fourth-order valence-corrected chi connectivity index (χ4v) is 2.37. The van der Waals surface area contributed by atoms with Gasteiger partial charge in [-0.05, 0) is 37.8 Å². The van der Waals surface area contributed by atoms with Crippen LogP contribution in [-0.4, -0.2) is 17.6 Å². The number of pyridine rings is 1. The highest BCUT2D eigenvalue weighted by molar-refractivity contribution is 5.43. The third-order valence-corrected chi connectivity index (χ3v) is 3.31. The van der Waals surface area contributed by atoms with Crippen molar-refractivity contribution >= 4 is 5.82 Å². The van der Waals surface area contributed by atoms with E-state index < -0.39 is 0 Å². The van der Waals surface area contributed by atoms with E-state index in [1.807, 2.05) is 12.1 Å². The van der Waals surface area contributed by atoms with E-state index in [1.54, 1.807) is 6.20 Å². The molecule has 1 aliphatic heterocycles. The summed E-state index contributed by atoms with van der Waals surface area (Å²) in [6.45, 7) is 5.62. The Kier molecular flexibility index (Phi) is 3.09. The molecule has 2 heterocycles.